The molecule has 0 saturated heterocycles. The van der Waals surface area contributed by atoms with Crippen molar-refractivity contribution < 1.29 is 62.0 Å². The van der Waals surface area contributed by atoms with Crippen molar-refractivity contribution in [3.8, 4) is 11.5 Å². The summed E-state index contributed by atoms with van der Waals surface area (Å²) in [5.74, 6) is -2.66. The number of carboxylic acid groups (broad SMARTS) is 1. The molecule has 4 aromatic rings. The second-order valence-corrected chi connectivity index (χ2v) is 9.82. The number of carbonyl (C=O) groups excluding carboxylic acids is 1. The summed E-state index contributed by atoms with van der Waals surface area (Å²) in [7, 11) is 1.28. The number of hydrogen-bond acceptors (Lipinski definition) is 8. The topological polar surface area (TPSA) is 169 Å². The molecule has 0 amide bonds. The third-order valence-corrected chi connectivity index (χ3v) is 6.75. The molecule has 0 fully saturated rings. The number of aryl methyl sites for hydroxylation is 4. The van der Waals surface area contributed by atoms with Crippen LogP contribution >= 0.6 is 22.6 Å². The molecule has 252 valence electrons. The van der Waals surface area contributed by atoms with Crippen molar-refractivity contribution in [1.82, 2.24) is 20.4 Å². The number of alkyl halides is 1. The van der Waals surface area contributed by atoms with Crippen LogP contribution in [0.2, 0.25) is 0 Å². The number of benzene rings is 2. The van der Waals surface area contributed by atoms with Crippen molar-refractivity contribution >= 4 is 34.5 Å². The number of rotatable bonds is 12. The number of ether oxygens (including phenoxy) is 3. The molecule has 11 nitrogen and oxygen atoms in total. The van der Waals surface area contributed by atoms with E-state index < -0.39 is 23.6 Å². The van der Waals surface area contributed by atoms with Crippen molar-refractivity contribution in [3.05, 3.63) is 93.1 Å². The van der Waals surface area contributed by atoms with Gasteiger partial charge in [0.2, 0.25) is 0 Å². The number of methoxy groups -OCH3 is 1. The number of aromatic amines is 2. The number of carbonyl (C=O) groups is 2. The fraction of sp³-hybridized carbons (Fsp3) is 0.375. The Morgan fingerprint density at radius 2 is 1.19 bits per heavy atom. The number of carboxylic acids is 1. The van der Waals surface area contributed by atoms with E-state index in [-0.39, 0.29) is 47.0 Å². The zero-order chi connectivity index (χ0) is 33.5. The Morgan fingerprint density at radius 1 is 0.787 bits per heavy atom. The minimum Gasteiger partial charge on any atom is -0.870 e. The summed E-state index contributed by atoms with van der Waals surface area (Å²) in [5, 5.41) is 22.9. The maximum absolute atomic E-state index is 13.7. The van der Waals surface area contributed by atoms with Crippen LogP contribution in [0.3, 0.4) is 0 Å². The first-order valence-corrected chi connectivity index (χ1v) is 16.2. The van der Waals surface area contributed by atoms with Gasteiger partial charge >= 0.3 is 30.8 Å². The predicted molar refractivity (Wildman–Crippen MR) is 177 cm³/mol. The molecule has 0 unspecified atom stereocenters. The summed E-state index contributed by atoms with van der Waals surface area (Å²) in [5.41, 5.74) is 6.55. The first kappa shape index (κ1) is 43.5. The van der Waals surface area contributed by atoms with E-state index in [0.29, 0.717) is 19.6 Å². The molecule has 0 bridgehead atoms. The largest absolute Gasteiger partial charge is 1.00 e. The average Bonchev–Trinajstić information content (AvgIpc) is 3.53. The standard InChI is InChI=1S/C16H19FN2O3.C15H17FN2O3.CH3I.Li.H2O/c1-10-13(11(2)19-18-10)5-4-8-22-15-9-12(16(20)21-3)6-7-14(15)17;1-9-12(10(2)18-17-9)4-3-7-21-14-8-11(15(19)20)5-6-13(14)16;1-2;;/h6-7,9H,4-5,8H2,1-3H3,(H,18,19);5-6,8H,3-4,7H2,1-2H3,(H,17,18)(H,19,20);1H3;;1H2/q;;;+1;/p-1. The van der Waals surface area contributed by atoms with E-state index in [4.69, 9.17) is 14.6 Å². The first-order chi connectivity index (χ1) is 21.5. The van der Waals surface area contributed by atoms with Crippen LogP contribution in [0.4, 0.5) is 8.78 Å². The summed E-state index contributed by atoms with van der Waals surface area (Å²) >= 11 is 2.15. The van der Waals surface area contributed by atoms with E-state index in [1.165, 1.54) is 37.4 Å². The number of hydrogen-bond donors (Lipinski definition) is 3. The van der Waals surface area contributed by atoms with Gasteiger partial charge in [-0.05, 0) is 106 Å². The molecule has 0 atom stereocenters. The third-order valence-electron chi connectivity index (χ3n) is 6.75. The molecule has 0 aliphatic carbocycles. The van der Waals surface area contributed by atoms with Gasteiger partial charge in [0, 0.05) is 11.4 Å². The van der Waals surface area contributed by atoms with Gasteiger partial charge in [0.15, 0.2) is 23.1 Å². The van der Waals surface area contributed by atoms with Crippen molar-refractivity contribution in [3.63, 3.8) is 0 Å². The Kier molecular flexibility index (Phi) is 20.5. The van der Waals surface area contributed by atoms with E-state index in [9.17, 15) is 18.4 Å². The molecule has 4 rings (SSSR count). The van der Waals surface area contributed by atoms with Crippen molar-refractivity contribution in [2.75, 3.05) is 25.3 Å². The van der Waals surface area contributed by atoms with Crippen LogP contribution in [-0.4, -0.2) is 68.2 Å². The second-order valence-electron chi connectivity index (χ2n) is 9.82. The Morgan fingerprint density at radius 3 is 1.55 bits per heavy atom. The van der Waals surface area contributed by atoms with Crippen LogP contribution < -0.4 is 28.3 Å². The van der Waals surface area contributed by atoms with Gasteiger partial charge in [-0.3, -0.25) is 10.2 Å². The predicted octanol–water partition coefficient (Wildman–Crippen LogP) is 3.72. The summed E-state index contributed by atoms with van der Waals surface area (Å²) in [6, 6.07) is 7.44. The number of nitrogens with zero attached hydrogens (tertiary/aromatic N) is 2. The van der Waals surface area contributed by atoms with E-state index in [1.807, 2.05) is 32.6 Å². The number of halogens is 3. The fourth-order valence-corrected chi connectivity index (χ4v) is 4.35. The van der Waals surface area contributed by atoms with Gasteiger partial charge in [-0.15, -0.1) is 0 Å². The molecule has 2 heterocycles. The maximum Gasteiger partial charge on any atom is 1.00 e. The zero-order valence-electron chi connectivity index (χ0n) is 27.7. The van der Waals surface area contributed by atoms with Crippen LogP contribution in [0.1, 0.15) is 67.5 Å². The summed E-state index contributed by atoms with van der Waals surface area (Å²) < 4.78 is 42.6. The molecule has 2 aromatic heterocycles. The molecule has 0 radical (unpaired) electrons. The molecular formula is C32H40F2ILiN4O7. The Balaban J connectivity index is 0.000000823. The van der Waals surface area contributed by atoms with Gasteiger partial charge in [-0.1, -0.05) is 22.6 Å². The molecule has 0 aliphatic rings. The molecule has 2 aromatic carbocycles. The monoisotopic (exact) mass is 764 g/mol. The van der Waals surface area contributed by atoms with Crippen LogP contribution in [0.25, 0.3) is 0 Å². The fourth-order valence-electron chi connectivity index (χ4n) is 4.35. The second kappa shape index (κ2) is 22.2. The zero-order valence-corrected chi connectivity index (χ0v) is 29.8. The SMILES string of the molecule is CI.COC(=O)c1ccc(F)c(OCCCc2c(C)n[nH]c2C)c1.Cc1n[nH]c(C)c1CCCOc1cc(C(=O)O)ccc1F.[Li+].[OH-]. The Bertz CT molecular complexity index is 1530. The van der Waals surface area contributed by atoms with Gasteiger partial charge in [0.1, 0.15) is 0 Å². The number of H-pyrrole nitrogens is 2. The molecule has 4 N–H and O–H groups in total. The van der Waals surface area contributed by atoms with Crippen molar-refractivity contribution in [1.29, 1.82) is 0 Å². The molecule has 15 heteroatoms. The van der Waals surface area contributed by atoms with Crippen LogP contribution in [0.5, 0.6) is 11.5 Å². The average molecular weight is 765 g/mol. The van der Waals surface area contributed by atoms with Crippen molar-refractivity contribution in [2.24, 2.45) is 0 Å². The van der Waals surface area contributed by atoms with Crippen molar-refractivity contribution in [2.45, 2.75) is 53.4 Å². The van der Waals surface area contributed by atoms with Gasteiger partial charge in [-0.25, -0.2) is 18.4 Å². The molecule has 0 aliphatic heterocycles. The Hall–Kier alpha value is -3.45. The van der Waals surface area contributed by atoms with E-state index >= 15 is 0 Å². The molecule has 0 spiro atoms. The van der Waals surface area contributed by atoms with Crippen LogP contribution in [-0.2, 0) is 17.6 Å². The number of esters is 1. The maximum atomic E-state index is 13.7. The van der Waals surface area contributed by atoms with Gasteiger partial charge < -0.3 is 24.8 Å². The number of aromatic nitrogens is 4. The summed E-state index contributed by atoms with van der Waals surface area (Å²) in [6.07, 6.45) is 2.99. The minimum atomic E-state index is -1.11. The molecule has 47 heavy (non-hydrogen) atoms. The Labute approximate surface area is 298 Å². The first-order valence-electron chi connectivity index (χ1n) is 14.1. The normalized spacial score (nSPS) is 9.81. The third kappa shape index (κ3) is 13.3. The van der Waals surface area contributed by atoms with E-state index in [2.05, 4.69) is 47.7 Å². The summed E-state index contributed by atoms with van der Waals surface area (Å²) in [6.45, 7) is 8.45. The van der Waals surface area contributed by atoms with Crippen LogP contribution in [0.15, 0.2) is 36.4 Å². The minimum absolute atomic E-state index is 0. The molecular weight excluding hydrogens is 724 g/mol. The van der Waals surface area contributed by atoms with Gasteiger partial charge in [0.05, 0.1) is 42.8 Å². The van der Waals surface area contributed by atoms with Gasteiger partial charge in [-0.2, -0.15) is 10.2 Å². The smallest absolute Gasteiger partial charge is 0.870 e. The van der Waals surface area contributed by atoms with Crippen LogP contribution in [0, 0.1) is 39.3 Å². The van der Waals surface area contributed by atoms with E-state index in [1.54, 1.807) is 0 Å². The quantitative estimate of drug-likeness (QED) is 0.0640. The number of nitrogens with one attached hydrogen (secondary N) is 2. The number of aromatic carboxylic acids is 1. The van der Waals surface area contributed by atoms with E-state index in [0.717, 1.165) is 59.2 Å². The molecule has 0 saturated carbocycles. The summed E-state index contributed by atoms with van der Waals surface area (Å²) in [4.78, 5) is 24.2. The van der Waals surface area contributed by atoms with Gasteiger partial charge in [0.25, 0.3) is 0 Å².